The van der Waals surface area contributed by atoms with Crippen LogP contribution in [0.25, 0.3) is 0 Å². The molecule has 0 spiro atoms. The maximum absolute atomic E-state index is 10.0. The maximum atomic E-state index is 10.0. The van der Waals surface area contributed by atoms with E-state index in [0.29, 0.717) is 0 Å². The number of hydrogen-bond donors (Lipinski definition) is 1. The van der Waals surface area contributed by atoms with Crippen LogP contribution in [0.2, 0.25) is 0 Å². The molecule has 1 aliphatic rings. The molecule has 0 bridgehead atoms. The van der Waals surface area contributed by atoms with E-state index in [1.54, 1.807) is 0 Å². The largest absolute Gasteiger partial charge is 0.386 e. The zero-order valence-electron chi connectivity index (χ0n) is 7.93. The second-order valence-corrected chi connectivity index (χ2v) is 4.49. The molecular weight excluding hydrogens is 196 g/mol. The molecule has 0 aromatic heterocycles. The molecule has 0 radical (unpaired) electrons. The number of hydrogen-bond acceptors (Lipinski definition) is 3. The molecule has 76 valence electrons. The van der Waals surface area contributed by atoms with Crippen molar-refractivity contribution >= 4 is 11.8 Å². The van der Waals surface area contributed by atoms with Crippen molar-refractivity contribution in [3.63, 3.8) is 0 Å². The molecule has 0 amide bonds. The van der Waals surface area contributed by atoms with E-state index in [0.717, 1.165) is 23.7 Å². The Balaban J connectivity index is 2.03. The van der Waals surface area contributed by atoms with Crippen LogP contribution in [0.4, 0.5) is 0 Å². The highest BCUT2D eigenvalue weighted by atomic mass is 32.2. The molecule has 14 heavy (non-hydrogen) atoms. The van der Waals surface area contributed by atoms with Crippen LogP contribution < -0.4 is 0 Å². The van der Waals surface area contributed by atoms with E-state index in [1.165, 1.54) is 0 Å². The Labute approximate surface area is 88.3 Å². The summed E-state index contributed by atoms with van der Waals surface area (Å²) in [4.78, 5) is 0. The topological polar surface area (TPSA) is 29.5 Å². The van der Waals surface area contributed by atoms with Gasteiger partial charge in [0, 0.05) is 11.5 Å². The van der Waals surface area contributed by atoms with Gasteiger partial charge in [-0.15, -0.1) is 0 Å². The molecule has 1 saturated heterocycles. The lowest BCUT2D eigenvalue weighted by Gasteiger charge is -2.26. The van der Waals surface area contributed by atoms with Crippen LogP contribution in [0, 0.1) is 0 Å². The van der Waals surface area contributed by atoms with E-state index < -0.39 is 6.10 Å². The van der Waals surface area contributed by atoms with Gasteiger partial charge in [0.25, 0.3) is 0 Å². The van der Waals surface area contributed by atoms with Gasteiger partial charge < -0.3 is 9.84 Å². The van der Waals surface area contributed by atoms with Crippen LogP contribution >= 0.6 is 11.8 Å². The summed E-state index contributed by atoms with van der Waals surface area (Å²) in [6.45, 7) is 0.749. The van der Waals surface area contributed by atoms with Crippen molar-refractivity contribution in [3.05, 3.63) is 35.9 Å². The molecule has 3 heteroatoms. The van der Waals surface area contributed by atoms with Crippen molar-refractivity contribution in [1.82, 2.24) is 0 Å². The van der Waals surface area contributed by atoms with E-state index in [1.807, 2.05) is 42.1 Å². The molecule has 2 atom stereocenters. The van der Waals surface area contributed by atoms with Crippen LogP contribution in [-0.2, 0) is 4.74 Å². The molecule has 1 aliphatic heterocycles. The van der Waals surface area contributed by atoms with Gasteiger partial charge in [0.15, 0.2) is 0 Å². The highest BCUT2D eigenvalue weighted by Gasteiger charge is 2.23. The van der Waals surface area contributed by atoms with Gasteiger partial charge in [-0.25, -0.2) is 0 Å². The summed E-state index contributed by atoms with van der Waals surface area (Å²) in [6.07, 6.45) is -0.528. The summed E-state index contributed by atoms with van der Waals surface area (Å²) in [6, 6.07) is 9.70. The van der Waals surface area contributed by atoms with Gasteiger partial charge >= 0.3 is 0 Å². The Hall–Kier alpha value is -0.510. The van der Waals surface area contributed by atoms with Crippen LogP contribution in [0.1, 0.15) is 11.7 Å². The first-order chi connectivity index (χ1) is 6.88. The first kappa shape index (κ1) is 10.0. The second-order valence-electron chi connectivity index (χ2n) is 3.34. The standard InChI is InChI=1S/C11H14O2S/c12-11(9-4-2-1-3-5-9)10-8-14-7-6-13-10/h1-5,10-12H,6-8H2. The average Bonchev–Trinajstić information content (AvgIpc) is 2.30. The Morgan fingerprint density at radius 2 is 2.14 bits per heavy atom. The maximum Gasteiger partial charge on any atom is 0.106 e. The zero-order chi connectivity index (χ0) is 9.80. The minimum Gasteiger partial charge on any atom is -0.386 e. The van der Waals surface area contributed by atoms with E-state index in [-0.39, 0.29) is 6.10 Å². The smallest absolute Gasteiger partial charge is 0.106 e. The summed E-state index contributed by atoms with van der Waals surface area (Å²) in [5.74, 6) is 1.92. The summed E-state index contributed by atoms with van der Waals surface area (Å²) >= 11 is 1.84. The number of aliphatic hydroxyl groups is 1. The molecule has 0 aliphatic carbocycles. The van der Waals surface area contributed by atoms with E-state index in [2.05, 4.69) is 0 Å². The number of thioether (sulfide) groups is 1. The monoisotopic (exact) mass is 210 g/mol. The van der Waals surface area contributed by atoms with Gasteiger partial charge in [-0.1, -0.05) is 30.3 Å². The van der Waals surface area contributed by atoms with Crippen LogP contribution in [-0.4, -0.2) is 29.3 Å². The fourth-order valence-corrected chi connectivity index (χ4v) is 2.44. The summed E-state index contributed by atoms with van der Waals surface area (Å²) in [7, 11) is 0. The average molecular weight is 210 g/mol. The Bertz CT molecular complexity index is 270. The lowest BCUT2D eigenvalue weighted by atomic mass is 10.1. The Morgan fingerprint density at radius 3 is 2.79 bits per heavy atom. The molecule has 1 heterocycles. The third-order valence-corrected chi connectivity index (χ3v) is 3.35. The molecule has 2 unspecified atom stereocenters. The first-order valence-electron chi connectivity index (χ1n) is 4.80. The molecule has 1 N–H and O–H groups in total. The summed E-state index contributed by atoms with van der Waals surface area (Å²) in [5, 5.41) is 10.0. The lowest BCUT2D eigenvalue weighted by molar-refractivity contribution is -0.0227. The van der Waals surface area contributed by atoms with E-state index in [9.17, 15) is 5.11 Å². The SMILES string of the molecule is OC(c1ccccc1)C1CSCCO1. The van der Waals surface area contributed by atoms with Gasteiger partial charge in [0.2, 0.25) is 0 Å². The Kier molecular flexibility index (Phi) is 3.45. The van der Waals surface area contributed by atoms with Crippen molar-refractivity contribution in [2.45, 2.75) is 12.2 Å². The number of ether oxygens (including phenoxy) is 1. The third-order valence-electron chi connectivity index (χ3n) is 2.33. The van der Waals surface area contributed by atoms with Crippen molar-refractivity contribution in [2.24, 2.45) is 0 Å². The molecule has 1 fully saturated rings. The predicted molar refractivity (Wildman–Crippen MR) is 58.5 cm³/mol. The highest BCUT2D eigenvalue weighted by molar-refractivity contribution is 7.99. The third kappa shape index (κ3) is 2.29. The lowest BCUT2D eigenvalue weighted by Crippen LogP contribution is -2.29. The molecule has 1 aromatic carbocycles. The van der Waals surface area contributed by atoms with Crippen molar-refractivity contribution < 1.29 is 9.84 Å². The Morgan fingerprint density at radius 1 is 1.36 bits per heavy atom. The fourth-order valence-electron chi connectivity index (χ4n) is 1.55. The minimum atomic E-state index is -0.482. The van der Waals surface area contributed by atoms with Gasteiger partial charge in [0.1, 0.15) is 6.10 Å². The zero-order valence-corrected chi connectivity index (χ0v) is 8.74. The van der Waals surface area contributed by atoms with Crippen molar-refractivity contribution in [2.75, 3.05) is 18.1 Å². The van der Waals surface area contributed by atoms with Crippen LogP contribution in [0.3, 0.4) is 0 Å². The van der Waals surface area contributed by atoms with E-state index in [4.69, 9.17) is 4.74 Å². The van der Waals surface area contributed by atoms with Crippen molar-refractivity contribution in [1.29, 1.82) is 0 Å². The second kappa shape index (κ2) is 4.82. The summed E-state index contributed by atoms with van der Waals surface area (Å²) in [5.41, 5.74) is 0.944. The minimum absolute atomic E-state index is 0.0452. The quantitative estimate of drug-likeness (QED) is 0.808. The molecular formula is C11H14O2S. The molecule has 2 rings (SSSR count). The predicted octanol–water partition coefficient (Wildman–Crippen LogP) is 1.85. The molecule has 0 saturated carbocycles. The van der Waals surface area contributed by atoms with Gasteiger partial charge in [-0.2, -0.15) is 11.8 Å². The number of rotatable bonds is 2. The number of aliphatic hydroxyl groups excluding tert-OH is 1. The van der Waals surface area contributed by atoms with Crippen LogP contribution in [0.15, 0.2) is 30.3 Å². The fraction of sp³-hybridized carbons (Fsp3) is 0.455. The van der Waals surface area contributed by atoms with E-state index >= 15 is 0 Å². The highest BCUT2D eigenvalue weighted by Crippen LogP contribution is 2.24. The van der Waals surface area contributed by atoms with Crippen LogP contribution in [0.5, 0.6) is 0 Å². The molecule has 1 aromatic rings. The van der Waals surface area contributed by atoms with Gasteiger partial charge in [0.05, 0.1) is 12.7 Å². The first-order valence-corrected chi connectivity index (χ1v) is 5.96. The van der Waals surface area contributed by atoms with Gasteiger partial charge in [-0.3, -0.25) is 0 Å². The summed E-state index contributed by atoms with van der Waals surface area (Å²) < 4.78 is 5.52. The normalized spacial score (nSPS) is 24.5. The molecule has 2 nitrogen and oxygen atoms in total. The number of benzene rings is 1. The van der Waals surface area contributed by atoms with Gasteiger partial charge in [-0.05, 0) is 5.56 Å². The van der Waals surface area contributed by atoms with Crippen molar-refractivity contribution in [3.8, 4) is 0 Å².